The summed E-state index contributed by atoms with van der Waals surface area (Å²) in [6.07, 6.45) is 6.08. The fourth-order valence-electron chi connectivity index (χ4n) is 2.19. The SMILES string of the molecule is C=C(C)C(=O)OC(C)COCC(C)(C)CCCCC(C)CC. The topological polar surface area (TPSA) is 35.5 Å². The van der Waals surface area contributed by atoms with Crippen LogP contribution in [0.25, 0.3) is 0 Å². The monoisotopic (exact) mass is 312 g/mol. The quantitative estimate of drug-likeness (QED) is 0.284. The van der Waals surface area contributed by atoms with Gasteiger partial charge in [-0.15, -0.1) is 0 Å². The molecule has 2 atom stereocenters. The summed E-state index contributed by atoms with van der Waals surface area (Å²) >= 11 is 0. The zero-order valence-corrected chi connectivity index (χ0v) is 15.5. The lowest BCUT2D eigenvalue weighted by Gasteiger charge is -2.25. The van der Waals surface area contributed by atoms with Crippen LogP contribution in [0.5, 0.6) is 0 Å². The summed E-state index contributed by atoms with van der Waals surface area (Å²) in [5.41, 5.74) is 0.599. The van der Waals surface area contributed by atoms with Crippen molar-refractivity contribution in [3.8, 4) is 0 Å². The van der Waals surface area contributed by atoms with Crippen molar-refractivity contribution in [3.63, 3.8) is 0 Å². The van der Waals surface area contributed by atoms with Crippen molar-refractivity contribution in [2.75, 3.05) is 13.2 Å². The number of ether oxygens (including phenoxy) is 2. The van der Waals surface area contributed by atoms with Crippen molar-refractivity contribution in [1.29, 1.82) is 0 Å². The van der Waals surface area contributed by atoms with Crippen LogP contribution in [0.2, 0.25) is 0 Å². The van der Waals surface area contributed by atoms with Crippen LogP contribution in [-0.2, 0) is 14.3 Å². The van der Waals surface area contributed by atoms with Gasteiger partial charge < -0.3 is 9.47 Å². The van der Waals surface area contributed by atoms with E-state index < -0.39 is 0 Å². The van der Waals surface area contributed by atoms with E-state index in [1.54, 1.807) is 6.92 Å². The molecule has 0 amide bonds. The van der Waals surface area contributed by atoms with E-state index in [0.717, 1.165) is 5.92 Å². The van der Waals surface area contributed by atoms with Crippen LogP contribution in [0.1, 0.15) is 73.6 Å². The van der Waals surface area contributed by atoms with Gasteiger partial charge in [0.1, 0.15) is 6.10 Å². The maximum absolute atomic E-state index is 11.4. The summed E-state index contributed by atoms with van der Waals surface area (Å²) < 4.78 is 10.9. The number of unbranched alkanes of at least 4 members (excludes halogenated alkanes) is 1. The largest absolute Gasteiger partial charge is 0.457 e. The van der Waals surface area contributed by atoms with Gasteiger partial charge >= 0.3 is 5.97 Å². The van der Waals surface area contributed by atoms with Gasteiger partial charge in [0.15, 0.2) is 0 Å². The van der Waals surface area contributed by atoms with Crippen molar-refractivity contribution < 1.29 is 14.3 Å². The molecule has 2 unspecified atom stereocenters. The van der Waals surface area contributed by atoms with Gasteiger partial charge in [-0.1, -0.05) is 60.0 Å². The number of rotatable bonds is 12. The molecule has 130 valence electrons. The third-order valence-corrected chi connectivity index (χ3v) is 4.00. The van der Waals surface area contributed by atoms with Crippen molar-refractivity contribution in [2.24, 2.45) is 11.3 Å². The van der Waals surface area contributed by atoms with Crippen LogP contribution < -0.4 is 0 Å². The van der Waals surface area contributed by atoms with Crippen molar-refractivity contribution in [2.45, 2.75) is 79.8 Å². The molecule has 0 radical (unpaired) electrons. The normalized spacial score (nSPS) is 14.5. The first-order valence-corrected chi connectivity index (χ1v) is 8.62. The summed E-state index contributed by atoms with van der Waals surface area (Å²) in [6, 6.07) is 0. The summed E-state index contributed by atoms with van der Waals surface area (Å²) in [5.74, 6) is 0.489. The standard InChI is InChI=1S/C19H36O3/c1-8-16(4)11-9-10-12-19(6,7)14-21-13-17(5)22-18(20)15(2)3/h16-17H,2,8-14H2,1,3-7H3. The van der Waals surface area contributed by atoms with Gasteiger partial charge in [0.05, 0.1) is 13.2 Å². The number of esters is 1. The van der Waals surface area contributed by atoms with Crippen LogP contribution in [0.15, 0.2) is 12.2 Å². The van der Waals surface area contributed by atoms with E-state index in [4.69, 9.17) is 9.47 Å². The Morgan fingerprint density at radius 2 is 1.86 bits per heavy atom. The third kappa shape index (κ3) is 10.8. The fraction of sp³-hybridized carbons (Fsp3) is 0.842. The molecular formula is C19H36O3. The Kier molecular flexibility index (Phi) is 10.4. The number of carbonyl (C=O) groups excluding carboxylic acids is 1. The van der Waals surface area contributed by atoms with Crippen molar-refractivity contribution in [1.82, 2.24) is 0 Å². The zero-order valence-electron chi connectivity index (χ0n) is 15.5. The van der Waals surface area contributed by atoms with Gasteiger partial charge in [-0.05, 0) is 31.6 Å². The van der Waals surface area contributed by atoms with Crippen LogP contribution in [-0.4, -0.2) is 25.3 Å². The zero-order chi connectivity index (χ0) is 17.2. The highest BCUT2D eigenvalue weighted by Gasteiger charge is 2.19. The highest BCUT2D eigenvalue weighted by Crippen LogP contribution is 2.25. The fourth-order valence-corrected chi connectivity index (χ4v) is 2.19. The minimum Gasteiger partial charge on any atom is -0.457 e. The second kappa shape index (κ2) is 10.8. The molecule has 0 saturated carbocycles. The van der Waals surface area contributed by atoms with Crippen LogP contribution >= 0.6 is 0 Å². The van der Waals surface area contributed by atoms with Crippen molar-refractivity contribution >= 4 is 5.97 Å². The molecule has 0 bridgehead atoms. The van der Waals surface area contributed by atoms with Gasteiger partial charge in [-0.25, -0.2) is 4.79 Å². The summed E-state index contributed by atoms with van der Waals surface area (Å²) in [5, 5.41) is 0. The Morgan fingerprint density at radius 1 is 1.23 bits per heavy atom. The van der Waals surface area contributed by atoms with Crippen LogP contribution in [0, 0.1) is 11.3 Å². The summed E-state index contributed by atoms with van der Waals surface area (Å²) in [7, 11) is 0. The molecule has 0 aromatic rings. The van der Waals surface area contributed by atoms with Gasteiger partial charge in [0, 0.05) is 5.57 Å². The summed E-state index contributed by atoms with van der Waals surface area (Å²) in [4.78, 5) is 11.4. The maximum Gasteiger partial charge on any atom is 0.333 e. The number of hydrogen-bond donors (Lipinski definition) is 0. The Balaban J connectivity index is 3.83. The molecular weight excluding hydrogens is 276 g/mol. The average Bonchev–Trinajstić information content (AvgIpc) is 2.42. The second-order valence-electron chi connectivity index (χ2n) is 7.43. The Bertz CT molecular complexity index is 334. The molecule has 0 rings (SSSR count). The predicted molar refractivity (Wildman–Crippen MR) is 92.9 cm³/mol. The van der Waals surface area contributed by atoms with Crippen molar-refractivity contribution in [3.05, 3.63) is 12.2 Å². The van der Waals surface area contributed by atoms with Gasteiger partial charge in [0.2, 0.25) is 0 Å². The lowest BCUT2D eigenvalue weighted by atomic mass is 9.87. The molecule has 0 N–H and O–H groups in total. The molecule has 0 aromatic heterocycles. The molecule has 0 aliphatic rings. The molecule has 0 heterocycles. The highest BCUT2D eigenvalue weighted by atomic mass is 16.6. The first kappa shape index (κ1) is 21.2. The first-order valence-electron chi connectivity index (χ1n) is 8.62. The highest BCUT2D eigenvalue weighted by molar-refractivity contribution is 5.87. The Hall–Kier alpha value is -0.830. The lowest BCUT2D eigenvalue weighted by molar-refractivity contribution is -0.146. The molecule has 0 fully saturated rings. The molecule has 0 aliphatic carbocycles. The van der Waals surface area contributed by atoms with E-state index in [0.29, 0.717) is 18.8 Å². The molecule has 3 nitrogen and oxygen atoms in total. The van der Waals surface area contributed by atoms with Gasteiger partial charge in [-0.2, -0.15) is 0 Å². The Morgan fingerprint density at radius 3 is 2.41 bits per heavy atom. The van der Waals surface area contributed by atoms with E-state index >= 15 is 0 Å². The van der Waals surface area contributed by atoms with E-state index in [9.17, 15) is 4.79 Å². The Labute approximate surface area is 137 Å². The lowest BCUT2D eigenvalue weighted by Crippen LogP contribution is -2.25. The van der Waals surface area contributed by atoms with Crippen LogP contribution in [0.4, 0.5) is 0 Å². The van der Waals surface area contributed by atoms with E-state index in [1.807, 2.05) is 6.92 Å². The summed E-state index contributed by atoms with van der Waals surface area (Å²) in [6.45, 7) is 17.3. The van der Waals surface area contributed by atoms with E-state index in [1.165, 1.54) is 32.1 Å². The third-order valence-electron chi connectivity index (χ3n) is 4.00. The number of carbonyl (C=O) groups is 1. The predicted octanol–water partition coefficient (Wildman–Crippen LogP) is 5.14. The van der Waals surface area contributed by atoms with Gasteiger partial charge in [0.25, 0.3) is 0 Å². The molecule has 0 saturated heterocycles. The minimum atomic E-state index is -0.347. The minimum absolute atomic E-state index is 0.174. The molecule has 0 spiro atoms. The van der Waals surface area contributed by atoms with Crippen LogP contribution in [0.3, 0.4) is 0 Å². The van der Waals surface area contributed by atoms with E-state index in [2.05, 4.69) is 34.3 Å². The second-order valence-corrected chi connectivity index (χ2v) is 7.43. The molecule has 22 heavy (non-hydrogen) atoms. The maximum atomic E-state index is 11.4. The number of hydrogen-bond acceptors (Lipinski definition) is 3. The molecule has 0 aliphatic heterocycles. The molecule has 0 aromatic carbocycles. The smallest absolute Gasteiger partial charge is 0.333 e. The first-order chi connectivity index (χ1) is 10.2. The average molecular weight is 312 g/mol. The molecule has 3 heteroatoms. The van der Waals surface area contributed by atoms with E-state index in [-0.39, 0.29) is 17.5 Å². The van der Waals surface area contributed by atoms with Gasteiger partial charge in [-0.3, -0.25) is 0 Å².